The summed E-state index contributed by atoms with van der Waals surface area (Å²) in [5.74, 6) is 0.0132. The van der Waals surface area contributed by atoms with Crippen LogP contribution in [0.1, 0.15) is 317 Å². The van der Waals surface area contributed by atoms with Crippen LogP contribution in [0.2, 0.25) is 0 Å². The van der Waals surface area contributed by atoms with Crippen LogP contribution < -0.4 is 0 Å². The van der Waals surface area contributed by atoms with Crippen LogP contribution in [0.15, 0.2) is 0 Å². The van der Waals surface area contributed by atoms with Crippen molar-refractivity contribution in [1.29, 1.82) is 0 Å². The van der Waals surface area contributed by atoms with Crippen LogP contribution in [0.3, 0.4) is 0 Å². The van der Waals surface area contributed by atoms with E-state index in [1.807, 2.05) is 0 Å². The Labute approximate surface area is 387 Å². The molecule has 6 nitrogen and oxygen atoms in total. The molecule has 0 aliphatic rings. The predicted octanol–water partition coefficient (Wildman–Crippen LogP) is 18.2. The van der Waals surface area contributed by atoms with E-state index >= 15 is 0 Å². The lowest BCUT2D eigenvalue weighted by atomic mass is 10.0. The average molecular weight is 877 g/mol. The minimum absolute atomic E-state index is 0.0620. The first kappa shape index (κ1) is 60.4. The van der Waals surface area contributed by atoms with Crippen molar-refractivity contribution >= 4 is 17.9 Å². The molecule has 0 heterocycles. The second-order valence-corrected chi connectivity index (χ2v) is 19.7. The van der Waals surface area contributed by atoms with Crippen molar-refractivity contribution in [3.63, 3.8) is 0 Å². The Bertz CT molecular complexity index is 933. The van der Waals surface area contributed by atoms with Crippen molar-refractivity contribution in [1.82, 2.24) is 0 Å². The van der Waals surface area contributed by atoms with Gasteiger partial charge in [-0.1, -0.05) is 278 Å². The fourth-order valence-electron chi connectivity index (χ4n) is 8.57. The lowest BCUT2D eigenvalue weighted by molar-refractivity contribution is -0.167. The normalized spacial score (nSPS) is 12.0. The maximum absolute atomic E-state index is 12.8. The van der Waals surface area contributed by atoms with Crippen LogP contribution >= 0.6 is 0 Å². The van der Waals surface area contributed by atoms with Crippen LogP contribution in [0.25, 0.3) is 0 Å². The predicted molar refractivity (Wildman–Crippen MR) is 266 cm³/mol. The third-order valence-electron chi connectivity index (χ3n) is 12.8. The minimum atomic E-state index is -0.761. The van der Waals surface area contributed by atoms with Gasteiger partial charge in [-0.25, -0.2) is 0 Å². The number of unbranched alkanes of at least 4 members (excludes halogenated alkanes) is 38. The molecule has 0 N–H and O–H groups in total. The number of esters is 3. The zero-order valence-electron chi connectivity index (χ0n) is 42.3. The third kappa shape index (κ3) is 49.4. The molecular weight excluding hydrogens is 769 g/mol. The van der Waals surface area contributed by atoms with Crippen LogP contribution in [0.4, 0.5) is 0 Å². The maximum atomic E-state index is 12.8. The van der Waals surface area contributed by atoms with Crippen LogP contribution in [0.5, 0.6) is 0 Å². The Balaban J connectivity index is 4.26. The molecule has 0 aliphatic carbocycles. The zero-order valence-corrected chi connectivity index (χ0v) is 42.3. The molecule has 1 atom stereocenters. The number of carbonyl (C=O) groups is 3. The molecule has 0 unspecified atom stereocenters. The lowest BCUT2D eigenvalue weighted by Crippen LogP contribution is -2.30. The molecule has 6 heteroatoms. The van der Waals surface area contributed by atoms with Gasteiger partial charge >= 0.3 is 17.9 Å². The summed E-state index contributed by atoms with van der Waals surface area (Å²) in [6.45, 7) is 9.05. The Morgan fingerprint density at radius 1 is 0.306 bits per heavy atom. The van der Waals surface area contributed by atoms with Crippen molar-refractivity contribution < 1.29 is 28.6 Å². The van der Waals surface area contributed by atoms with Gasteiger partial charge in [0.1, 0.15) is 13.2 Å². The van der Waals surface area contributed by atoms with Gasteiger partial charge in [0, 0.05) is 19.3 Å². The standard InChI is InChI=1S/C56H108O6/c1-5-7-9-11-13-15-17-18-24-28-32-36-40-44-48-55(58)61-51-53(50-60-54(57)47-43-39-35-31-26-16-14-12-10-8-6-2)62-56(59)49-45-41-37-33-29-25-22-20-19-21-23-27-30-34-38-42-46-52(3)4/h52-53H,5-51H2,1-4H3/t53-/m1/s1. The van der Waals surface area contributed by atoms with E-state index in [1.165, 1.54) is 212 Å². The van der Waals surface area contributed by atoms with E-state index in [0.29, 0.717) is 19.3 Å². The van der Waals surface area contributed by atoms with E-state index < -0.39 is 6.10 Å². The topological polar surface area (TPSA) is 78.9 Å². The maximum Gasteiger partial charge on any atom is 0.306 e. The smallest absolute Gasteiger partial charge is 0.306 e. The van der Waals surface area contributed by atoms with Gasteiger partial charge in [-0.2, -0.15) is 0 Å². The third-order valence-corrected chi connectivity index (χ3v) is 12.8. The number of hydrogen-bond acceptors (Lipinski definition) is 6. The second-order valence-electron chi connectivity index (χ2n) is 19.7. The fraction of sp³-hybridized carbons (Fsp3) is 0.946. The summed E-state index contributed by atoms with van der Waals surface area (Å²) in [5, 5.41) is 0. The highest BCUT2D eigenvalue weighted by molar-refractivity contribution is 5.71. The number of ether oxygens (including phenoxy) is 3. The summed E-state index contributed by atoms with van der Waals surface area (Å²) in [6.07, 6.45) is 53.7. The van der Waals surface area contributed by atoms with Gasteiger partial charge in [0.15, 0.2) is 6.10 Å². The minimum Gasteiger partial charge on any atom is -0.462 e. The molecule has 0 aromatic heterocycles. The molecule has 368 valence electrons. The molecule has 0 fully saturated rings. The molecule has 0 aliphatic heterocycles. The summed E-state index contributed by atoms with van der Waals surface area (Å²) < 4.78 is 16.8. The number of hydrogen-bond donors (Lipinski definition) is 0. The van der Waals surface area contributed by atoms with Crippen molar-refractivity contribution in [3.8, 4) is 0 Å². The van der Waals surface area contributed by atoms with Crippen LogP contribution in [-0.2, 0) is 28.6 Å². The van der Waals surface area contributed by atoms with Gasteiger partial charge in [-0.3, -0.25) is 14.4 Å². The van der Waals surface area contributed by atoms with Crippen LogP contribution in [-0.4, -0.2) is 37.2 Å². The van der Waals surface area contributed by atoms with Gasteiger partial charge in [-0.05, 0) is 25.2 Å². The first-order chi connectivity index (χ1) is 30.4. The molecule has 0 aromatic rings. The van der Waals surface area contributed by atoms with E-state index in [9.17, 15) is 14.4 Å². The summed E-state index contributed by atoms with van der Waals surface area (Å²) in [7, 11) is 0. The van der Waals surface area contributed by atoms with Crippen molar-refractivity contribution in [2.75, 3.05) is 13.2 Å². The van der Waals surface area contributed by atoms with E-state index in [-0.39, 0.29) is 31.1 Å². The van der Waals surface area contributed by atoms with Gasteiger partial charge in [0.05, 0.1) is 0 Å². The monoisotopic (exact) mass is 877 g/mol. The highest BCUT2D eigenvalue weighted by atomic mass is 16.6. The Morgan fingerprint density at radius 3 is 0.790 bits per heavy atom. The van der Waals surface area contributed by atoms with Gasteiger partial charge < -0.3 is 14.2 Å². The Hall–Kier alpha value is -1.59. The average Bonchev–Trinajstić information content (AvgIpc) is 3.26. The van der Waals surface area contributed by atoms with E-state index in [0.717, 1.165) is 63.7 Å². The largest absolute Gasteiger partial charge is 0.462 e. The molecular formula is C56H108O6. The molecule has 0 spiro atoms. The molecule has 0 rings (SSSR count). The molecule has 0 saturated carbocycles. The van der Waals surface area contributed by atoms with E-state index in [2.05, 4.69) is 27.7 Å². The molecule has 0 bridgehead atoms. The summed E-state index contributed by atoms with van der Waals surface area (Å²) >= 11 is 0. The van der Waals surface area contributed by atoms with Gasteiger partial charge in [0.2, 0.25) is 0 Å². The van der Waals surface area contributed by atoms with Gasteiger partial charge in [-0.15, -0.1) is 0 Å². The molecule has 0 aromatic carbocycles. The first-order valence-corrected chi connectivity index (χ1v) is 27.9. The van der Waals surface area contributed by atoms with E-state index in [1.54, 1.807) is 0 Å². The molecule has 0 amide bonds. The summed E-state index contributed by atoms with van der Waals surface area (Å²) in [4.78, 5) is 38.0. The molecule has 0 saturated heterocycles. The SMILES string of the molecule is CCCCCCCCCCCCCCCCC(=O)OC[C@@H](COC(=O)CCCCCCCCCCCCC)OC(=O)CCCCCCCCCCCCCCCCCCC(C)C. The van der Waals surface area contributed by atoms with Crippen molar-refractivity contribution in [2.24, 2.45) is 5.92 Å². The Kier molecular flexibility index (Phi) is 49.1. The second kappa shape index (κ2) is 50.4. The Morgan fingerprint density at radius 2 is 0.532 bits per heavy atom. The summed E-state index contributed by atoms with van der Waals surface area (Å²) in [6, 6.07) is 0. The van der Waals surface area contributed by atoms with Crippen molar-refractivity contribution in [3.05, 3.63) is 0 Å². The molecule has 62 heavy (non-hydrogen) atoms. The van der Waals surface area contributed by atoms with E-state index in [4.69, 9.17) is 14.2 Å². The summed E-state index contributed by atoms with van der Waals surface area (Å²) in [5.41, 5.74) is 0. The quantitative estimate of drug-likeness (QED) is 0.0344. The number of carbonyl (C=O) groups excluding carboxylic acids is 3. The first-order valence-electron chi connectivity index (χ1n) is 27.9. The number of rotatable bonds is 51. The molecule has 0 radical (unpaired) electrons. The lowest BCUT2D eigenvalue weighted by Gasteiger charge is -2.18. The van der Waals surface area contributed by atoms with Crippen LogP contribution in [0, 0.1) is 5.92 Å². The highest BCUT2D eigenvalue weighted by Gasteiger charge is 2.19. The van der Waals surface area contributed by atoms with Crippen molar-refractivity contribution in [2.45, 2.75) is 323 Å². The fourth-order valence-corrected chi connectivity index (χ4v) is 8.57. The highest BCUT2D eigenvalue weighted by Crippen LogP contribution is 2.18. The zero-order chi connectivity index (χ0) is 45.2. The van der Waals surface area contributed by atoms with Gasteiger partial charge in [0.25, 0.3) is 0 Å².